The molecule has 1 aliphatic heterocycles. The Hall–Kier alpha value is -2.57. The number of hydrogen-bond donors (Lipinski definition) is 3. The summed E-state index contributed by atoms with van der Waals surface area (Å²) in [6.45, 7) is 3.61. The van der Waals surface area contributed by atoms with E-state index < -0.39 is 65.0 Å². The number of fused-ring (bicyclic) bond motifs is 5. The topological polar surface area (TPSA) is 110 Å². The number of nitrogens with two attached hydrogens (primary N) is 1. The molecule has 1 aliphatic rings. The summed E-state index contributed by atoms with van der Waals surface area (Å²) >= 11 is 0. The van der Waals surface area contributed by atoms with Crippen molar-refractivity contribution in [1.82, 2.24) is 15.2 Å². The molecule has 4 N–H and O–H groups in total. The predicted octanol–water partition coefficient (Wildman–Crippen LogP) is 4.88. The van der Waals surface area contributed by atoms with Crippen molar-refractivity contribution in [2.75, 3.05) is 11.1 Å². The summed E-state index contributed by atoms with van der Waals surface area (Å²) in [5, 5.41) is 20.0. The summed E-state index contributed by atoms with van der Waals surface area (Å²) < 4.78 is 86.9. The first-order chi connectivity index (χ1) is 14.7. The molecule has 0 saturated carbocycles. The van der Waals surface area contributed by atoms with Gasteiger partial charge in [0.15, 0.2) is 5.69 Å². The second kappa shape index (κ2) is 8.41. The van der Waals surface area contributed by atoms with Crippen LogP contribution in [0.3, 0.4) is 0 Å². The van der Waals surface area contributed by atoms with Crippen LogP contribution in [0.5, 0.6) is 0 Å². The normalized spacial score (nSPS) is 23.0. The zero-order valence-electron chi connectivity index (χ0n) is 17.3. The smallest absolute Gasteiger partial charge is 0.416 e. The molecule has 7 nitrogen and oxygen atoms in total. The molecule has 0 radical (unpaired) electrons. The van der Waals surface area contributed by atoms with Crippen molar-refractivity contribution >= 4 is 11.5 Å². The van der Waals surface area contributed by atoms with Gasteiger partial charge in [-0.05, 0) is 31.2 Å². The highest BCUT2D eigenvalue weighted by Gasteiger charge is 2.58. The molecule has 0 amide bonds. The molecule has 13 heteroatoms. The van der Waals surface area contributed by atoms with Gasteiger partial charge in [-0.3, -0.25) is 0 Å². The van der Waals surface area contributed by atoms with Gasteiger partial charge >= 0.3 is 12.4 Å². The minimum atomic E-state index is -5.11. The predicted molar refractivity (Wildman–Crippen MR) is 102 cm³/mol. The Morgan fingerprint density at radius 3 is 2.44 bits per heavy atom. The molecule has 0 aromatic carbocycles. The number of hydrogen-bond acceptors (Lipinski definition) is 7. The van der Waals surface area contributed by atoms with Gasteiger partial charge in [-0.1, -0.05) is 26.7 Å². The summed E-state index contributed by atoms with van der Waals surface area (Å²) in [5.74, 6) is -2.39. The fourth-order valence-corrected chi connectivity index (χ4v) is 3.55. The Bertz CT molecular complexity index is 959. The average Bonchev–Trinajstić information content (AvgIpc) is 3.15. The highest BCUT2D eigenvalue weighted by molar-refractivity contribution is 5.71. The highest BCUT2D eigenvalue weighted by Crippen LogP contribution is 2.44. The van der Waals surface area contributed by atoms with Crippen LogP contribution in [-0.2, 0) is 11.8 Å². The number of alkyl halides is 6. The van der Waals surface area contributed by atoms with Gasteiger partial charge in [0, 0.05) is 6.04 Å². The standard InChI is InChI=1S/C19H23F6N5O2/c1-9(2)12-6-4-3-5-7-17(31,19(23,24)25)16-30-29-15(32-16)13-11(26)8-10(18(20,21)22)14(27-12)28-13/h8-9,12,31H,3-7,26H2,1-2H3,(H,27,28)/t12?,17-/m1/s1. The zero-order valence-corrected chi connectivity index (χ0v) is 17.3. The number of nitrogens with zero attached hydrogens (tertiary/aromatic N) is 3. The van der Waals surface area contributed by atoms with E-state index in [-0.39, 0.29) is 12.3 Å². The van der Waals surface area contributed by atoms with E-state index in [0.29, 0.717) is 25.3 Å². The second-order valence-electron chi connectivity index (χ2n) is 8.18. The molecule has 4 bridgehead atoms. The quantitative estimate of drug-likeness (QED) is 0.513. The highest BCUT2D eigenvalue weighted by atomic mass is 19.4. The lowest BCUT2D eigenvalue weighted by atomic mass is 9.93. The molecule has 0 spiro atoms. The van der Waals surface area contributed by atoms with Crippen LogP contribution in [0.25, 0.3) is 11.6 Å². The maximum Gasteiger partial charge on any atom is 0.426 e. The van der Waals surface area contributed by atoms with E-state index in [1.54, 1.807) is 13.8 Å². The van der Waals surface area contributed by atoms with Gasteiger partial charge in [0.1, 0.15) is 5.82 Å². The molecule has 178 valence electrons. The molecule has 2 atom stereocenters. The van der Waals surface area contributed by atoms with Gasteiger partial charge in [-0.15, -0.1) is 10.2 Å². The minimum absolute atomic E-state index is 0.0158. The van der Waals surface area contributed by atoms with E-state index in [4.69, 9.17) is 10.2 Å². The molecule has 3 heterocycles. The van der Waals surface area contributed by atoms with Gasteiger partial charge in [-0.2, -0.15) is 26.3 Å². The van der Waals surface area contributed by atoms with Crippen LogP contribution < -0.4 is 11.1 Å². The Morgan fingerprint density at radius 2 is 1.84 bits per heavy atom. The molecular weight excluding hydrogens is 444 g/mol. The Kier molecular flexibility index (Phi) is 6.33. The molecule has 3 rings (SSSR count). The van der Waals surface area contributed by atoms with Crippen LogP contribution in [0.2, 0.25) is 0 Å². The largest absolute Gasteiger partial charge is 0.426 e. The van der Waals surface area contributed by atoms with Gasteiger partial charge < -0.3 is 20.6 Å². The zero-order chi connectivity index (χ0) is 23.9. The average molecular weight is 467 g/mol. The first-order valence-electron chi connectivity index (χ1n) is 10.0. The summed E-state index contributed by atoms with van der Waals surface area (Å²) in [4.78, 5) is 3.90. The van der Waals surface area contributed by atoms with Crippen molar-refractivity contribution in [1.29, 1.82) is 0 Å². The van der Waals surface area contributed by atoms with E-state index in [1.165, 1.54) is 0 Å². The molecule has 32 heavy (non-hydrogen) atoms. The lowest BCUT2D eigenvalue weighted by Crippen LogP contribution is -2.42. The van der Waals surface area contributed by atoms with E-state index in [2.05, 4.69) is 20.5 Å². The number of halogens is 6. The number of pyridine rings is 1. The van der Waals surface area contributed by atoms with Gasteiger partial charge in [0.2, 0.25) is 5.60 Å². The first kappa shape index (κ1) is 24.1. The van der Waals surface area contributed by atoms with E-state index in [9.17, 15) is 31.4 Å². The fourth-order valence-electron chi connectivity index (χ4n) is 3.55. The fraction of sp³-hybridized carbons (Fsp3) is 0.632. The third-order valence-electron chi connectivity index (χ3n) is 5.49. The monoisotopic (exact) mass is 467 g/mol. The lowest BCUT2D eigenvalue weighted by molar-refractivity contribution is -0.277. The number of nitrogen functional groups attached to an aromatic ring is 1. The molecule has 0 fully saturated rings. The van der Waals surface area contributed by atoms with Crippen molar-refractivity contribution < 1.29 is 35.9 Å². The van der Waals surface area contributed by atoms with Crippen LogP contribution in [-0.4, -0.2) is 32.5 Å². The SMILES string of the molecule is CC(C)C1CCCCC[C@](O)(C(F)(F)F)c2nnc(o2)-c2nc(c(C(F)(F)F)cc2N)N1. The van der Waals surface area contributed by atoms with Crippen LogP contribution >= 0.6 is 0 Å². The second-order valence-corrected chi connectivity index (χ2v) is 8.18. The maximum absolute atomic E-state index is 13.7. The number of aliphatic hydroxyl groups is 1. The van der Waals surface area contributed by atoms with Crippen LogP contribution in [0.15, 0.2) is 10.5 Å². The molecule has 0 saturated heterocycles. The number of rotatable bonds is 1. The summed E-state index contributed by atoms with van der Waals surface area (Å²) in [6.07, 6.45) is -9.51. The van der Waals surface area contributed by atoms with Crippen molar-refractivity contribution in [2.24, 2.45) is 5.92 Å². The van der Waals surface area contributed by atoms with Crippen LogP contribution in [0.1, 0.15) is 57.4 Å². The molecule has 1 unspecified atom stereocenters. The van der Waals surface area contributed by atoms with Crippen LogP contribution in [0, 0.1) is 5.92 Å². The third-order valence-corrected chi connectivity index (χ3v) is 5.49. The summed E-state index contributed by atoms with van der Waals surface area (Å²) in [6, 6.07) is 0.177. The molecular formula is C19H23F6N5O2. The maximum atomic E-state index is 13.7. The van der Waals surface area contributed by atoms with Gasteiger partial charge in [0.25, 0.3) is 11.8 Å². The van der Waals surface area contributed by atoms with E-state index >= 15 is 0 Å². The van der Waals surface area contributed by atoms with E-state index in [1.807, 2.05) is 0 Å². The van der Waals surface area contributed by atoms with Gasteiger partial charge in [0.05, 0.1) is 11.3 Å². The van der Waals surface area contributed by atoms with Crippen molar-refractivity contribution in [2.45, 2.75) is 69.9 Å². The Morgan fingerprint density at radius 1 is 1.16 bits per heavy atom. The molecule has 2 aromatic rings. The van der Waals surface area contributed by atoms with Crippen LogP contribution in [0.4, 0.5) is 37.8 Å². The molecule has 2 aromatic heterocycles. The first-order valence-corrected chi connectivity index (χ1v) is 10.0. The summed E-state index contributed by atoms with van der Waals surface area (Å²) in [7, 11) is 0. The van der Waals surface area contributed by atoms with E-state index in [0.717, 1.165) is 0 Å². The number of aromatic nitrogens is 3. The number of anilines is 2. The number of nitrogens with one attached hydrogen (secondary N) is 1. The van der Waals surface area contributed by atoms with Crippen molar-refractivity contribution in [3.8, 4) is 11.6 Å². The minimum Gasteiger partial charge on any atom is -0.416 e. The molecule has 0 aliphatic carbocycles. The summed E-state index contributed by atoms with van der Waals surface area (Å²) in [5.41, 5.74) is 0.264. The van der Waals surface area contributed by atoms with Gasteiger partial charge in [-0.25, -0.2) is 4.98 Å². The van der Waals surface area contributed by atoms with Crippen molar-refractivity contribution in [3.05, 3.63) is 17.5 Å². The Balaban J connectivity index is 2.19. The third kappa shape index (κ3) is 4.62. The lowest BCUT2D eigenvalue weighted by Gasteiger charge is -2.28. The Labute approximate surface area is 179 Å². The van der Waals surface area contributed by atoms with Crippen molar-refractivity contribution in [3.63, 3.8) is 0 Å².